The summed E-state index contributed by atoms with van der Waals surface area (Å²) >= 11 is 0. The number of rotatable bonds is 6. The minimum absolute atomic E-state index is 0.00895. The van der Waals surface area contributed by atoms with E-state index in [9.17, 15) is 4.79 Å². The summed E-state index contributed by atoms with van der Waals surface area (Å²) in [5.41, 5.74) is 0.876. The van der Waals surface area contributed by atoms with Gasteiger partial charge in [0.15, 0.2) is 14.0 Å². The van der Waals surface area contributed by atoms with Crippen molar-refractivity contribution in [1.82, 2.24) is 14.6 Å². The number of esters is 1. The number of hydrogen-bond donors (Lipinski definition) is 0. The highest BCUT2D eigenvalue weighted by atomic mass is 28.4. The third kappa shape index (κ3) is 4.79. The second-order valence-electron chi connectivity index (χ2n) is 8.84. The SMILES string of the molecule is CCOC(=O)c1cnn2ccc(N3CCO[C@@H](CO[Si](C)(C)C(C)(C)C)C3)nc12. The Kier molecular flexibility index (Phi) is 6.30. The summed E-state index contributed by atoms with van der Waals surface area (Å²) in [6.07, 6.45) is 3.31. The fraction of sp³-hybridized carbons (Fsp3) is 0.650. The van der Waals surface area contributed by atoms with Crippen molar-refractivity contribution >= 4 is 25.8 Å². The molecule has 0 bridgehead atoms. The molecule has 9 heteroatoms. The van der Waals surface area contributed by atoms with Crippen LogP contribution in [0.25, 0.3) is 5.65 Å². The Labute approximate surface area is 173 Å². The van der Waals surface area contributed by atoms with E-state index in [1.165, 1.54) is 6.20 Å². The first kappa shape index (κ1) is 21.7. The van der Waals surface area contributed by atoms with Crippen LogP contribution in [0.2, 0.25) is 18.1 Å². The highest BCUT2D eigenvalue weighted by Gasteiger charge is 2.38. The van der Waals surface area contributed by atoms with Crippen LogP contribution >= 0.6 is 0 Å². The van der Waals surface area contributed by atoms with Gasteiger partial charge in [-0.05, 0) is 31.1 Å². The van der Waals surface area contributed by atoms with Gasteiger partial charge in [-0.15, -0.1) is 0 Å². The van der Waals surface area contributed by atoms with E-state index in [-0.39, 0.29) is 11.1 Å². The number of carbonyl (C=O) groups excluding carboxylic acids is 1. The average Bonchev–Trinajstić information content (AvgIpc) is 3.09. The van der Waals surface area contributed by atoms with E-state index in [2.05, 4.69) is 48.8 Å². The van der Waals surface area contributed by atoms with Gasteiger partial charge in [-0.25, -0.2) is 14.3 Å². The van der Waals surface area contributed by atoms with Gasteiger partial charge in [0.1, 0.15) is 11.4 Å². The van der Waals surface area contributed by atoms with E-state index < -0.39 is 14.3 Å². The summed E-state index contributed by atoms with van der Waals surface area (Å²) < 4.78 is 19.0. The Morgan fingerprint density at radius 1 is 1.38 bits per heavy atom. The summed E-state index contributed by atoms with van der Waals surface area (Å²) in [7, 11) is -1.82. The summed E-state index contributed by atoms with van der Waals surface area (Å²) in [6.45, 7) is 15.9. The molecule has 3 heterocycles. The van der Waals surface area contributed by atoms with Crippen molar-refractivity contribution in [2.45, 2.75) is 51.9 Å². The van der Waals surface area contributed by atoms with Gasteiger partial charge in [0, 0.05) is 19.3 Å². The molecule has 29 heavy (non-hydrogen) atoms. The number of anilines is 1. The zero-order valence-corrected chi connectivity index (χ0v) is 19.3. The van der Waals surface area contributed by atoms with E-state index in [1.807, 2.05) is 12.3 Å². The first-order valence-corrected chi connectivity index (χ1v) is 13.0. The number of ether oxygens (including phenoxy) is 2. The fourth-order valence-electron chi connectivity index (χ4n) is 2.93. The lowest BCUT2D eigenvalue weighted by Gasteiger charge is -2.39. The van der Waals surface area contributed by atoms with Gasteiger partial charge in [-0.1, -0.05) is 20.8 Å². The lowest BCUT2D eigenvalue weighted by molar-refractivity contribution is 0.00667. The fourth-order valence-corrected chi connectivity index (χ4v) is 3.97. The Hall–Kier alpha value is -1.97. The van der Waals surface area contributed by atoms with E-state index in [0.29, 0.717) is 37.6 Å². The third-order valence-electron chi connectivity index (χ3n) is 5.75. The first-order valence-electron chi connectivity index (χ1n) is 10.1. The summed E-state index contributed by atoms with van der Waals surface area (Å²) in [4.78, 5) is 19.0. The summed E-state index contributed by atoms with van der Waals surface area (Å²) in [5, 5.41) is 4.36. The van der Waals surface area contributed by atoms with Crippen molar-refractivity contribution < 1.29 is 18.7 Å². The second kappa shape index (κ2) is 8.41. The molecule has 1 aliphatic rings. The largest absolute Gasteiger partial charge is 0.462 e. The zero-order chi connectivity index (χ0) is 21.2. The van der Waals surface area contributed by atoms with Crippen LogP contribution in [0, 0.1) is 0 Å². The average molecular weight is 421 g/mol. The molecule has 160 valence electrons. The van der Waals surface area contributed by atoms with Crippen LogP contribution in [0.1, 0.15) is 38.1 Å². The van der Waals surface area contributed by atoms with Crippen LogP contribution < -0.4 is 4.90 Å². The van der Waals surface area contributed by atoms with Gasteiger partial charge < -0.3 is 18.8 Å². The molecule has 0 amide bonds. The number of nitrogens with zero attached hydrogens (tertiary/aromatic N) is 4. The van der Waals surface area contributed by atoms with Crippen molar-refractivity contribution in [2.24, 2.45) is 0 Å². The second-order valence-corrected chi connectivity index (χ2v) is 13.7. The minimum atomic E-state index is -1.82. The minimum Gasteiger partial charge on any atom is -0.462 e. The number of aromatic nitrogens is 3. The molecule has 1 atom stereocenters. The van der Waals surface area contributed by atoms with Crippen molar-refractivity contribution in [1.29, 1.82) is 0 Å². The highest BCUT2D eigenvalue weighted by molar-refractivity contribution is 6.74. The van der Waals surface area contributed by atoms with Crippen LogP contribution in [0.5, 0.6) is 0 Å². The first-order chi connectivity index (χ1) is 13.6. The van der Waals surface area contributed by atoms with Gasteiger partial charge in [0.25, 0.3) is 0 Å². The van der Waals surface area contributed by atoms with Gasteiger partial charge in [-0.3, -0.25) is 0 Å². The quantitative estimate of drug-likeness (QED) is 0.525. The third-order valence-corrected chi connectivity index (χ3v) is 10.2. The smallest absolute Gasteiger partial charge is 0.343 e. The molecule has 2 aromatic rings. The molecule has 0 radical (unpaired) electrons. The predicted octanol–water partition coefficient (Wildman–Crippen LogP) is 3.13. The van der Waals surface area contributed by atoms with Crippen molar-refractivity contribution in [3.63, 3.8) is 0 Å². The van der Waals surface area contributed by atoms with Crippen molar-refractivity contribution in [3.8, 4) is 0 Å². The van der Waals surface area contributed by atoms with Gasteiger partial charge >= 0.3 is 5.97 Å². The molecule has 0 saturated carbocycles. The topological polar surface area (TPSA) is 78.2 Å². The number of fused-ring (bicyclic) bond motifs is 1. The maximum Gasteiger partial charge on any atom is 0.343 e. The van der Waals surface area contributed by atoms with Crippen molar-refractivity contribution in [3.05, 3.63) is 24.0 Å². The lowest BCUT2D eigenvalue weighted by atomic mass is 10.2. The van der Waals surface area contributed by atoms with Gasteiger partial charge in [0.2, 0.25) is 0 Å². The molecule has 0 N–H and O–H groups in total. The van der Waals surface area contributed by atoms with E-state index in [1.54, 1.807) is 11.4 Å². The Bertz CT molecular complexity index is 862. The monoisotopic (exact) mass is 420 g/mol. The molecule has 1 aliphatic heterocycles. The van der Waals surface area contributed by atoms with E-state index >= 15 is 0 Å². The number of carbonyl (C=O) groups is 1. The summed E-state index contributed by atoms with van der Waals surface area (Å²) in [6, 6.07) is 1.91. The highest BCUT2D eigenvalue weighted by Crippen LogP contribution is 2.36. The van der Waals surface area contributed by atoms with Crippen LogP contribution in [-0.2, 0) is 13.9 Å². The molecule has 1 fully saturated rings. The molecule has 8 nitrogen and oxygen atoms in total. The maximum atomic E-state index is 12.2. The van der Waals surface area contributed by atoms with E-state index in [4.69, 9.17) is 13.9 Å². The summed E-state index contributed by atoms with van der Waals surface area (Å²) in [5.74, 6) is 0.388. The molecule has 0 aliphatic carbocycles. The van der Waals surface area contributed by atoms with Crippen LogP contribution in [0.4, 0.5) is 5.82 Å². The normalized spacial score (nSPS) is 18.3. The molecule has 0 unspecified atom stereocenters. The number of morpholine rings is 1. The predicted molar refractivity (Wildman–Crippen MR) is 114 cm³/mol. The maximum absolute atomic E-state index is 12.2. The molecular formula is C20H32N4O4Si. The Morgan fingerprint density at radius 2 is 2.14 bits per heavy atom. The number of hydrogen-bond acceptors (Lipinski definition) is 7. The van der Waals surface area contributed by atoms with Gasteiger partial charge in [0.05, 0.1) is 32.1 Å². The Morgan fingerprint density at radius 3 is 2.83 bits per heavy atom. The molecular weight excluding hydrogens is 388 g/mol. The molecule has 3 rings (SSSR count). The van der Waals surface area contributed by atoms with E-state index in [0.717, 1.165) is 12.4 Å². The molecule has 1 saturated heterocycles. The van der Waals surface area contributed by atoms with Crippen LogP contribution in [-0.4, -0.2) is 67.9 Å². The molecule has 0 aromatic carbocycles. The standard InChI is InChI=1S/C20H32N4O4Si/c1-7-26-19(25)16-12-21-24-9-8-17(22-18(16)24)23-10-11-27-15(13-23)14-28-29(5,6)20(2,3)4/h8-9,12,15H,7,10-11,13-14H2,1-6H3/t15-/m1/s1. The Balaban J connectivity index is 1.72. The molecule has 2 aromatic heterocycles. The van der Waals surface area contributed by atoms with Gasteiger partial charge in [-0.2, -0.15) is 5.10 Å². The zero-order valence-electron chi connectivity index (χ0n) is 18.3. The van der Waals surface area contributed by atoms with Crippen LogP contribution in [0.3, 0.4) is 0 Å². The molecule has 0 spiro atoms. The van der Waals surface area contributed by atoms with Crippen LogP contribution in [0.15, 0.2) is 18.5 Å². The lowest BCUT2D eigenvalue weighted by Crippen LogP contribution is -2.48. The van der Waals surface area contributed by atoms with Crippen molar-refractivity contribution in [2.75, 3.05) is 37.8 Å².